The van der Waals surface area contributed by atoms with Crippen molar-refractivity contribution in [3.05, 3.63) is 46.6 Å². The lowest BCUT2D eigenvalue weighted by Crippen LogP contribution is -2.24. The molecular formula is C18H24ClN3O3. The SMILES string of the molecule is Cc1cc(N)nc(CCCCNC(=O)c2cc(O)cc(C)c2O)c1.Cl. The van der Waals surface area contributed by atoms with Gasteiger partial charge in [0, 0.05) is 12.2 Å². The lowest BCUT2D eigenvalue weighted by Gasteiger charge is -2.09. The Labute approximate surface area is 153 Å². The molecule has 5 N–H and O–H groups in total. The molecule has 0 aliphatic carbocycles. The molecule has 0 atom stereocenters. The first-order valence-electron chi connectivity index (χ1n) is 7.90. The van der Waals surface area contributed by atoms with Gasteiger partial charge in [0.15, 0.2) is 0 Å². The standard InChI is InChI=1S/C18H23N3O3.ClH/c1-11-7-13(21-16(19)8-11)5-3-4-6-20-18(24)15-10-14(22)9-12(2)17(15)23;/h7-10,22-23H,3-6H2,1-2H3,(H2,19,21)(H,20,24);1H. The van der Waals surface area contributed by atoms with Crippen molar-refractivity contribution in [3.8, 4) is 11.5 Å². The lowest BCUT2D eigenvalue weighted by molar-refractivity contribution is 0.0949. The van der Waals surface area contributed by atoms with E-state index in [-0.39, 0.29) is 29.5 Å². The molecule has 7 heteroatoms. The van der Waals surface area contributed by atoms with Gasteiger partial charge in [0.25, 0.3) is 5.91 Å². The van der Waals surface area contributed by atoms with Crippen molar-refractivity contribution in [2.75, 3.05) is 12.3 Å². The van der Waals surface area contributed by atoms with E-state index in [9.17, 15) is 15.0 Å². The highest BCUT2D eigenvalue weighted by atomic mass is 35.5. The monoisotopic (exact) mass is 365 g/mol. The second kappa shape index (κ2) is 9.13. The van der Waals surface area contributed by atoms with Gasteiger partial charge in [-0.25, -0.2) is 4.98 Å². The first-order valence-corrected chi connectivity index (χ1v) is 7.90. The van der Waals surface area contributed by atoms with Crippen LogP contribution in [-0.2, 0) is 6.42 Å². The number of carbonyl (C=O) groups excluding carboxylic acids is 1. The van der Waals surface area contributed by atoms with Crippen LogP contribution in [0.4, 0.5) is 5.82 Å². The summed E-state index contributed by atoms with van der Waals surface area (Å²) in [5.41, 5.74) is 8.29. The number of aromatic nitrogens is 1. The van der Waals surface area contributed by atoms with Gasteiger partial charge < -0.3 is 21.3 Å². The number of aromatic hydroxyl groups is 2. The van der Waals surface area contributed by atoms with Crippen molar-refractivity contribution in [1.82, 2.24) is 10.3 Å². The molecular weight excluding hydrogens is 342 g/mol. The highest BCUT2D eigenvalue weighted by molar-refractivity contribution is 5.97. The first-order chi connectivity index (χ1) is 11.4. The molecule has 25 heavy (non-hydrogen) atoms. The number of nitrogen functional groups attached to an aromatic ring is 1. The number of rotatable bonds is 6. The number of hydrogen-bond donors (Lipinski definition) is 4. The van der Waals surface area contributed by atoms with Crippen LogP contribution in [0.15, 0.2) is 24.3 Å². The number of nitrogens with one attached hydrogen (secondary N) is 1. The molecule has 0 saturated carbocycles. The van der Waals surface area contributed by atoms with Crippen LogP contribution in [0.25, 0.3) is 0 Å². The van der Waals surface area contributed by atoms with E-state index in [1.165, 1.54) is 12.1 Å². The fourth-order valence-electron chi connectivity index (χ4n) is 2.56. The van der Waals surface area contributed by atoms with Crippen LogP contribution in [0.3, 0.4) is 0 Å². The number of amides is 1. The van der Waals surface area contributed by atoms with Gasteiger partial charge in [-0.05, 0) is 68.5 Å². The molecule has 6 nitrogen and oxygen atoms in total. The Morgan fingerprint density at radius 1 is 1.16 bits per heavy atom. The third-order valence-corrected chi connectivity index (χ3v) is 3.72. The van der Waals surface area contributed by atoms with E-state index in [0.29, 0.717) is 17.9 Å². The summed E-state index contributed by atoms with van der Waals surface area (Å²) in [4.78, 5) is 16.4. The number of hydrogen-bond acceptors (Lipinski definition) is 5. The third kappa shape index (κ3) is 5.83. The van der Waals surface area contributed by atoms with E-state index in [2.05, 4.69) is 10.3 Å². The van der Waals surface area contributed by atoms with Crippen molar-refractivity contribution in [1.29, 1.82) is 0 Å². The maximum absolute atomic E-state index is 12.1. The average Bonchev–Trinajstić information content (AvgIpc) is 2.49. The molecule has 1 aromatic carbocycles. The molecule has 1 heterocycles. The van der Waals surface area contributed by atoms with Crippen molar-refractivity contribution in [3.63, 3.8) is 0 Å². The van der Waals surface area contributed by atoms with Gasteiger partial charge in [-0.3, -0.25) is 4.79 Å². The predicted octanol–water partition coefficient (Wildman–Crippen LogP) is 2.87. The molecule has 1 aromatic heterocycles. The molecule has 0 fully saturated rings. The quantitative estimate of drug-likeness (QED) is 0.465. The molecule has 0 aliphatic rings. The van der Waals surface area contributed by atoms with Crippen molar-refractivity contribution >= 4 is 24.1 Å². The van der Waals surface area contributed by atoms with Gasteiger partial charge in [-0.2, -0.15) is 0 Å². The predicted molar refractivity (Wildman–Crippen MR) is 100 cm³/mol. The number of phenols is 2. The zero-order valence-corrected chi connectivity index (χ0v) is 15.2. The van der Waals surface area contributed by atoms with E-state index in [1.807, 2.05) is 19.1 Å². The van der Waals surface area contributed by atoms with E-state index in [4.69, 9.17) is 5.73 Å². The molecule has 1 amide bonds. The summed E-state index contributed by atoms with van der Waals surface area (Å²) in [6, 6.07) is 6.50. The van der Waals surface area contributed by atoms with E-state index in [0.717, 1.165) is 30.5 Å². The summed E-state index contributed by atoms with van der Waals surface area (Å²) in [7, 11) is 0. The zero-order chi connectivity index (χ0) is 17.7. The number of pyridine rings is 1. The fraction of sp³-hybridized carbons (Fsp3) is 0.333. The summed E-state index contributed by atoms with van der Waals surface area (Å²) in [6.45, 7) is 4.09. The number of carbonyl (C=O) groups is 1. The number of aryl methyl sites for hydroxylation is 3. The van der Waals surface area contributed by atoms with Crippen LogP contribution in [0.1, 0.15) is 40.0 Å². The smallest absolute Gasteiger partial charge is 0.255 e. The Kier molecular flexibility index (Phi) is 7.51. The molecule has 0 spiro atoms. The van der Waals surface area contributed by atoms with Crippen molar-refractivity contribution in [2.24, 2.45) is 0 Å². The number of halogens is 1. The molecule has 0 bridgehead atoms. The first kappa shape index (κ1) is 20.6. The van der Waals surface area contributed by atoms with Crippen molar-refractivity contribution < 1.29 is 15.0 Å². The second-order valence-electron chi connectivity index (χ2n) is 5.93. The number of nitrogens with two attached hydrogens (primary N) is 1. The minimum atomic E-state index is -0.399. The molecule has 2 aromatic rings. The van der Waals surface area contributed by atoms with Crippen molar-refractivity contribution in [2.45, 2.75) is 33.1 Å². The largest absolute Gasteiger partial charge is 0.508 e. The summed E-state index contributed by atoms with van der Waals surface area (Å²) in [5.74, 6) is -0.0271. The number of anilines is 1. The zero-order valence-electron chi connectivity index (χ0n) is 14.4. The molecule has 0 unspecified atom stereocenters. The Bertz CT molecular complexity index is 730. The van der Waals surface area contributed by atoms with Gasteiger partial charge in [0.1, 0.15) is 17.3 Å². The van der Waals surface area contributed by atoms with Crippen LogP contribution in [0, 0.1) is 13.8 Å². The minimum Gasteiger partial charge on any atom is -0.508 e. The molecule has 0 radical (unpaired) electrons. The summed E-state index contributed by atoms with van der Waals surface area (Å²) in [6.07, 6.45) is 2.43. The highest BCUT2D eigenvalue weighted by Gasteiger charge is 2.14. The number of phenolic OH excluding ortho intramolecular Hbond substituents is 2. The Morgan fingerprint density at radius 3 is 2.56 bits per heavy atom. The van der Waals surface area contributed by atoms with Crippen LogP contribution < -0.4 is 11.1 Å². The minimum absolute atomic E-state index is 0. The topological polar surface area (TPSA) is 108 Å². The third-order valence-electron chi connectivity index (χ3n) is 3.72. The second-order valence-corrected chi connectivity index (χ2v) is 5.93. The Balaban J connectivity index is 0.00000312. The number of benzene rings is 1. The average molecular weight is 366 g/mol. The van der Waals surface area contributed by atoms with Crippen LogP contribution in [-0.4, -0.2) is 27.6 Å². The maximum Gasteiger partial charge on any atom is 0.255 e. The summed E-state index contributed by atoms with van der Waals surface area (Å²) >= 11 is 0. The molecule has 2 rings (SSSR count). The maximum atomic E-state index is 12.1. The summed E-state index contributed by atoms with van der Waals surface area (Å²) in [5, 5.41) is 22.2. The lowest BCUT2D eigenvalue weighted by atomic mass is 10.1. The number of unbranched alkanes of at least 4 members (excludes halogenated alkanes) is 1. The molecule has 0 saturated heterocycles. The van der Waals surface area contributed by atoms with E-state index < -0.39 is 5.91 Å². The van der Waals surface area contributed by atoms with Gasteiger partial charge in [-0.1, -0.05) is 0 Å². The van der Waals surface area contributed by atoms with Gasteiger partial charge in [0.05, 0.1) is 5.56 Å². The summed E-state index contributed by atoms with van der Waals surface area (Å²) < 4.78 is 0. The molecule has 0 aliphatic heterocycles. The number of nitrogens with zero attached hydrogens (tertiary/aromatic N) is 1. The Hall–Kier alpha value is -2.47. The molecule has 136 valence electrons. The van der Waals surface area contributed by atoms with E-state index >= 15 is 0 Å². The van der Waals surface area contributed by atoms with E-state index in [1.54, 1.807) is 6.92 Å². The highest BCUT2D eigenvalue weighted by Crippen LogP contribution is 2.26. The van der Waals surface area contributed by atoms with Crippen LogP contribution in [0.5, 0.6) is 11.5 Å². The fourth-order valence-corrected chi connectivity index (χ4v) is 2.56. The van der Waals surface area contributed by atoms with Gasteiger partial charge in [-0.15, -0.1) is 12.4 Å². The van der Waals surface area contributed by atoms with Gasteiger partial charge in [0.2, 0.25) is 0 Å². The Morgan fingerprint density at radius 2 is 1.88 bits per heavy atom. The normalized spacial score (nSPS) is 10.2. The van der Waals surface area contributed by atoms with Gasteiger partial charge >= 0.3 is 0 Å². The van der Waals surface area contributed by atoms with Crippen LogP contribution >= 0.6 is 12.4 Å². The van der Waals surface area contributed by atoms with Crippen LogP contribution in [0.2, 0.25) is 0 Å².